The fourth-order valence-corrected chi connectivity index (χ4v) is 2.17. The van der Waals surface area contributed by atoms with Crippen molar-refractivity contribution in [3.8, 4) is 5.75 Å². The Morgan fingerprint density at radius 3 is 3.12 bits per heavy atom. The summed E-state index contributed by atoms with van der Waals surface area (Å²) in [7, 11) is 2.04. The SMILES string of the molecule is Cn1ccc(CNc2ccc3c(c2)CCO3)c1. The number of benzene rings is 1. The van der Waals surface area contributed by atoms with Crippen LogP contribution in [0.2, 0.25) is 0 Å². The van der Waals surface area contributed by atoms with Gasteiger partial charge in [-0.2, -0.15) is 0 Å². The van der Waals surface area contributed by atoms with Gasteiger partial charge in [-0.25, -0.2) is 0 Å². The number of aromatic nitrogens is 1. The van der Waals surface area contributed by atoms with Gasteiger partial charge in [0.1, 0.15) is 5.75 Å². The molecule has 88 valence electrons. The van der Waals surface area contributed by atoms with E-state index in [2.05, 4.69) is 46.5 Å². The Balaban J connectivity index is 1.69. The van der Waals surface area contributed by atoms with Gasteiger partial charge in [0.15, 0.2) is 0 Å². The van der Waals surface area contributed by atoms with Crippen molar-refractivity contribution in [1.82, 2.24) is 4.57 Å². The smallest absolute Gasteiger partial charge is 0.122 e. The largest absolute Gasteiger partial charge is 0.493 e. The summed E-state index contributed by atoms with van der Waals surface area (Å²) in [5, 5.41) is 3.44. The molecule has 3 heteroatoms. The lowest BCUT2D eigenvalue weighted by Gasteiger charge is -2.06. The van der Waals surface area contributed by atoms with Crippen LogP contribution in [0.15, 0.2) is 36.7 Å². The van der Waals surface area contributed by atoms with Crippen LogP contribution in [0.1, 0.15) is 11.1 Å². The molecule has 0 fully saturated rings. The molecule has 3 nitrogen and oxygen atoms in total. The molecule has 0 saturated carbocycles. The van der Waals surface area contributed by atoms with Gasteiger partial charge in [-0.3, -0.25) is 0 Å². The van der Waals surface area contributed by atoms with Gasteiger partial charge in [-0.1, -0.05) is 0 Å². The van der Waals surface area contributed by atoms with E-state index >= 15 is 0 Å². The summed E-state index contributed by atoms with van der Waals surface area (Å²) in [4.78, 5) is 0. The zero-order chi connectivity index (χ0) is 11.7. The lowest BCUT2D eigenvalue weighted by Crippen LogP contribution is -1.98. The summed E-state index contributed by atoms with van der Waals surface area (Å²) in [5.74, 6) is 1.04. The number of aryl methyl sites for hydroxylation is 1. The molecule has 0 spiro atoms. The Hall–Kier alpha value is -1.90. The van der Waals surface area contributed by atoms with Crippen molar-refractivity contribution < 1.29 is 4.74 Å². The van der Waals surface area contributed by atoms with Gasteiger partial charge in [0.25, 0.3) is 0 Å². The molecule has 0 bridgehead atoms. The first kappa shape index (κ1) is 10.3. The highest BCUT2D eigenvalue weighted by Crippen LogP contribution is 2.27. The number of rotatable bonds is 3. The first-order valence-corrected chi connectivity index (χ1v) is 5.92. The molecule has 0 saturated heterocycles. The normalized spacial score (nSPS) is 13.2. The minimum absolute atomic E-state index is 0.817. The Kier molecular flexibility index (Phi) is 2.52. The predicted molar refractivity (Wildman–Crippen MR) is 68.4 cm³/mol. The quantitative estimate of drug-likeness (QED) is 0.873. The van der Waals surface area contributed by atoms with Crippen LogP contribution >= 0.6 is 0 Å². The van der Waals surface area contributed by atoms with Crippen molar-refractivity contribution in [3.63, 3.8) is 0 Å². The third-order valence-corrected chi connectivity index (χ3v) is 3.08. The minimum Gasteiger partial charge on any atom is -0.493 e. The summed E-state index contributed by atoms with van der Waals surface area (Å²) in [6, 6.07) is 8.44. The fourth-order valence-electron chi connectivity index (χ4n) is 2.17. The van der Waals surface area contributed by atoms with Gasteiger partial charge in [0, 0.05) is 38.1 Å². The van der Waals surface area contributed by atoms with Gasteiger partial charge < -0.3 is 14.6 Å². The van der Waals surface area contributed by atoms with Crippen LogP contribution in [0.25, 0.3) is 0 Å². The van der Waals surface area contributed by atoms with E-state index in [1.807, 2.05) is 7.05 Å². The topological polar surface area (TPSA) is 26.2 Å². The van der Waals surface area contributed by atoms with Gasteiger partial charge in [0.05, 0.1) is 6.61 Å². The lowest BCUT2D eigenvalue weighted by molar-refractivity contribution is 0.357. The van der Waals surface area contributed by atoms with Crippen LogP contribution in [0.4, 0.5) is 5.69 Å². The average Bonchev–Trinajstić information content (AvgIpc) is 2.94. The maximum absolute atomic E-state index is 5.49. The second kappa shape index (κ2) is 4.17. The van der Waals surface area contributed by atoms with E-state index in [-0.39, 0.29) is 0 Å². The number of hydrogen-bond acceptors (Lipinski definition) is 2. The molecule has 1 aliphatic heterocycles. The van der Waals surface area contributed by atoms with Crippen LogP contribution < -0.4 is 10.1 Å². The molecular weight excluding hydrogens is 212 g/mol. The molecule has 0 atom stereocenters. The highest BCUT2D eigenvalue weighted by molar-refractivity contribution is 5.52. The molecule has 1 aromatic carbocycles. The third-order valence-electron chi connectivity index (χ3n) is 3.08. The molecule has 17 heavy (non-hydrogen) atoms. The average molecular weight is 228 g/mol. The molecular formula is C14H16N2O. The molecule has 1 N–H and O–H groups in total. The Bertz CT molecular complexity index is 531. The van der Waals surface area contributed by atoms with Crippen LogP contribution in [-0.4, -0.2) is 11.2 Å². The maximum Gasteiger partial charge on any atom is 0.122 e. The molecule has 0 aliphatic carbocycles. The van der Waals surface area contributed by atoms with Crippen molar-refractivity contribution in [2.75, 3.05) is 11.9 Å². The number of nitrogens with zero attached hydrogens (tertiary/aromatic N) is 1. The summed E-state index contributed by atoms with van der Waals surface area (Å²) in [6.45, 7) is 1.68. The summed E-state index contributed by atoms with van der Waals surface area (Å²) in [6.07, 6.45) is 5.22. The van der Waals surface area contributed by atoms with Crippen LogP contribution in [0, 0.1) is 0 Å². The number of anilines is 1. The van der Waals surface area contributed by atoms with Crippen LogP contribution in [0.5, 0.6) is 5.75 Å². The van der Waals surface area contributed by atoms with E-state index in [1.165, 1.54) is 11.1 Å². The van der Waals surface area contributed by atoms with Crippen LogP contribution in [0.3, 0.4) is 0 Å². The van der Waals surface area contributed by atoms with Crippen molar-refractivity contribution in [2.24, 2.45) is 7.05 Å². The van der Waals surface area contributed by atoms with E-state index < -0.39 is 0 Å². The number of fused-ring (bicyclic) bond motifs is 1. The number of ether oxygens (including phenoxy) is 1. The van der Waals surface area contributed by atoms with Gasteiger partial charge >= 0.3 is 0 Å². The standard InChI is InChI=1S/C14H16N2O/c1-16-6-4-11(10-16)9-15-13-2-3-14-12(8-13)5-7-17-14/h2-4,6,8,10,15H,5,7,9H2,1H3. The van der Waals surface area contributed by atoms with Crippen LogP contribution in [-0.2, 0) is 20.0 Å². The highest BCUT2D eigenvalue weighted by Gasteiger charge is 2.11. The van der Waals surface area contributed by atoms with Gasteiger partial charge in [-0.15, -0.1) is 0 Å². The molecule has 2 aromatic rings. The van der Waals surface area contributed by atoms with Crippen molar-refractivity contribution >= 4 is 5.69 Å². The van der Waals surface area contributed by atoms with Gasteiger partial charge in [-0.05, 0) is 35.4 Å². The number of nitrogens with one attached hydrogen (secondary N) is 1. The highest BCUT2D eigenvalue weighted by atomic mass is 16.5. The van der Waals surface area contributed by atoms with Crippen molar-refractivity contribution in [1.29, 1.82) is 0 Å². The first-order valence-electron chi connectivity index (χ1n) is 5.92. The van der Waals surface area contributed by atoms with Crippen molar-refractivity contribution in [2.45, 2.75) is 13.0 Å². The molecule has 3 rings (SSSR count). The predicted octanol–water partition coefficient (Wildman–Crippen LogP) is 2.57. The Morgan fingerprint density at radius 2 is 2.29 bits per heavy atom. The second-order valence-corrected chi connectivity index (χ2v) is 4.46. The van der Waals surface area contributed by atoms with E-state index in [4.69, 9.17) is 4.74 Å². The monoisotopic (exact) mass is 228 g/mol. The molecule has 0 amide bonds. The molecule has 0 unspecified atom stereocenters. The molecule has 1 aliphatic rings. The summed E-state index contributed by atoms with van der Waals surface area (Å²) in [5.41, 5.74) is 3.77. The second-order valence-electron chi connectivity index (χ2n) is 4.46. The summed E-state index contributed by atoms with van der Waals surface area (Å²) < 4.78 is 7.55. The lowest BCUT2D eigenvalue weighted by atomic mass is 10.1. The zero-order valence-electron chi connectivity index (χ0n) is 9.94. The van der Waals surface area contributed by atoms with E-state index in [1.54, 1.807) is 0 Å². The Morgan fingerprint density at radius 1 is 1.35 bits per heavy atom. The van der Waals surface area contributed by atoms with Crippen molar-refractivity contribution in [3.05, 3.63) is 47.8 Å². The minimum atomic E-state index is 0.817. The van der Waals surface area contributed by atoms with E-state index in [0.29, 0.717) is 0 Å². The third kappa shape index (κ3) is 2.13. The maximum atomic E-state index is 5.49. The first-order chi connectivity index (χ1) is 8.31. The Labute approximate surface area is 101 Å². The number of hydrogen-bond donors (Lipinski definition) is 1. The van der Waals surface area contributed by atoms with E-state index in [9.17, 15) is 0 Å². The van der Waals surface area contributed by atoms with E-state index in [0.717, 1.165) is 31.0 Å². The molecule has 2 heterocycles. The summed E-state index contributed by atoms with van der Waals surface area (Å²) >= 11 is 0. The zero-order valence-corrected chi connectivity index (χ0v) is 9.94. The van der Waals surface area contributed by atoms with Gasteiger partial charge in [0.2, 0.25) is 0 Å². The molecule has 1 aromatic heterocycles. The molecule has 0 radical (unpaired) electrons. The fraction of sp³-hybridized carbons (Fsp3) is 0.286.